The van der Waals surface area contributed by atoms with Crippen LogP contribution in [0, 0.1) is 5.92 Å². The Kier molecular flexibility index (Phi) is 4.10. The second kappa shape index (κ2) is 6.26. The van der Waals surface area contributed by atoms with Gasteiger partial charge in [-0.3, -0.25) is 9.69 Å². The van der Waals surface area contributed by atoms with Crippen molar-refractivity contribution in [2.45, 2.75) is 31.6 Å². The molecule has 24 heavy (non-hydrogen) atoms. The highest BCUT2D eigenvalue weighted by atomic mass is 16.7. The van der Waals surface area contributed by atoms with Crippen molar-refractivity contribution in [2.75, 3.05) is 34.0 Å². The van der Waals surface area contributed by atoms with Crippen LogP contribution in [0.4, 0.5) is 0 Å². The lowest BCUT2D eigenvalue weighted by Crippen LogP contribution is -2.29. The zero-order valence-electron chi connectivity index (χ0n) is 14.2. The molecule has 6 heteroatoms. The van der Waals surface area contributed by atoms with Gasteiger partial charge in [-0.15, -0.1) is 0 Å². The first-order valence-corrected chi connectivity index (χ1v) is 8.55. The van der Waals surface area contributed by atoms with Gasteiger partial charge in [0, 0.05) is 39.6 Å². The van der Waals surface area contributed by atoms with Crippen LogP contribution in [0.15, 0.2) is 18.2 Å². The Morgan fingerprint density at radius 1 is 1.25 bits per heavy atom. The summed E-state index contributed by atoms with van der Waals surface area (Å²) in [6, 6.07) is 6.14. The minimum Gasteiger partial charge on any atom is -0.454 e. The molecule has 0 aromatic heterocycles. The zero-order chi connectivity index (χ0) is 16.7. The molecule has 0 N–H and O–H groups in total. The van der Waals surface area contributed by atoms with E-state index >= 15 is 0 Å². The normalized spacial score (nSPS) is 28.2. The molecule has 1 aromatic carbocycles. The Labute approximate surface area is 142 Å². The summed E-state index contributed by atoms with van der Waals surface area (Å²) in [7, 11) is 3.59. The third-order valence-corrected chi connectivity index (χ3v) is 5.13. The van der Waals surface area contributed by atoms with Crippen molar-refractivity contribution in [3.63, 3.8) is 0 Å². The van der Waals surface area contributed by atoms with Gasteiger partial charge in [-0.05, 0) is 24.1 Å². The lowest BCUT2D eigenvalue weighted by atomic mass is 10.0. The molecule has 1 amide bonds. The summed E-state index contributed by atoms with van der Waals surface area (Å²) in [5.41, 5.74) is 1.23. The highest BCUT2D eigenvalue weighted by Crippen LogP contribution is 2.36. The quantitative estimate of drug-likeness (QED) is 0.836. The maximum Gasteiger partial charge on any atom is 0.231 e. The Morgan fingerprint density at radius 2 is 2.08 bits per heavy atom. The fourth-order valence-corrected chi connectivity index (χ4v) is 3.88. The number of likely N-dealkylation sites (tertiary alicyclic amines) is 1. The molecule has 6 nitrogen and oxygen atoms in total. The summed E-state index contributed by atoms with van der Waals surface area (Å²) in [5.74, 6) is 2.36. The van der Waals surface area contributed by atoms with Gasteiger partial charge in [0.25, 0.3) is 0 Å². The molecule has 2 saturated heterocycles. The second-order valence-corrected chi connectivity index (χ2v) is 7.17. The van der Waals surface area contributed by atoms with Crippen LogP contribution in [-0.4, -0.2) is 61.9 Å². The molecule has 0 bridgehead atoms. The van der Waals surface area contributed by atoms with E-state index in [1.54, 1.807) is 19.0 Å². The summed E-state index contributed by atoms with van der Waals surface area (Å²) in [5, 5.41) is 0. The summed E-state index contributed by atoms with van der Waals surface area (Å²) in [6.45, 7) is 3.18. The van der Waals surface area contributed by atoms with Gasteiger partial charge in [-0.1, -0.05) is 6.07 Å². The first-order chi connectivity index (χ1) is 11.6. The Balaban J connectivity index is 1.30. The molecule has 2 fully saturated rings. The lowest BCUT2D eigenvalue weighted by molar-refractivity contribution is -0.131. The largest absolute Gasteiger partial charge is 0.454 e. The van der Waals surface area contributed by atoms with E-state index < -0.39 is 0 Å². The molecular weight excluding hydrogens is 308 g/mol. The molecule has 0 aliphatic carbocycles. The van der Waals surface area contributed by atoms with E-state index in [0.29, 0.717) is 19.1 Å². The standard InChI is InChI=1S/C18H24N2O4/c1-19(2)18(21)7-14-6-13-9-20(10-17(13)24-14)8-12-3-4-15-16(5-12)23-11-22-15/h3-5,13-14,17H,6-11H2,1-2H3/t13-,14+,17+/m0/s1. The van der Waals surface area contributed by atoms with E-state index in [1.165, 1.54) is 5.56 Å². The van der Waals surface area contributed by atoms with E-state index in [9.17, 15) is 4.79 Å². The number of nitrogens with zero attached hydrogens (tertiary/aromatic N) is 2. The molecule has 3 aliphatic rings. The van der Waals surface area contributed by atoms with E-state index in [2.05, 4.69) is 17.0 Å². The lowest BCUT2D eigenvalue weighted by Gasteiger charge is -2.20. The summed E-state index contributed by atoms with van der Waals surface area (Å²) >= 11 is 0. The maximum atomic E-state index is 11.8. The van der Waals surface area contributed by atoms with Gasteiger partial charge >= 0.3 is 0 Å². The molecule has 0 radical (unpaired) electrons. The maximum absolute atomic E-state index is 11.8. The summed E-state index contributed by atoms with van der Waals surface area (Å²) in [4.78, 5) is 15.9. The van der Waals surface area contributed by atoms with Crippen molar-refractivity contribution in [2.24, 2.45) is 5.92 Å². The fraction of sp³-hybridized carbons (Fsp3) is 0.611. The molecule has 0 saturated carbocycles. The summed E-state index contributed by atoms with van der Waals surface area (Å²) in [6.07, 6.45) is 1.84. The van der Waals surface area contributed by atoms with Gasteiger partial charge < -0.3 is 19.1 Å². The number of carbonyl (C=O) groups excluding carboxylic acids is 1. The van der Waals surface area contributed by atoms with Crippen molar-refractivity contribution in [3.05, 3.63) is 23.8 Å². The second-order valence-electron chi connectivity index (χ2n) is 7.17. The first kappa shape index (κ1) is 15.7. The number of hydrogen-bond donors (Lipinski definition) is 0. The van der Waals surface area contributed by atoms with Gasteiger partial charge in [0.1, 0.15) is 0 Å². The minimum absolute atomic E-state index is 0.0857. The number of fused-ring (bicyclic) bond motifs is 2. The van der Waals surface area contributed by atoms with Crippen molar-refractivity contribution >= 4 is 5.91 Å². The van der Waals surface area contributed by atoms with Crippen molar-refractivity contribution in [1.82, 2.24) is 9.80 Å². The Morgan fingerprint density at radius 3 is 2.88 bits per heavy atom. The molecule has 3 heterocycles. The number of carbonyl (C=O) groups is 1. The van der Waals surface area contributed by atoms with Gasteiger partial charge in [-0.2, -0.15) is 0 Å². The van der Waals surface area contributed by atoms with Crippen molar-refractivity contribution < 1.29 is 19.0 Å². The highest BCUT2D eigenvalue weighted by molar-refractivity contribution is 5.76. The zero-order valence-corrected chi connectivity index (χ0v) is 14.2. The first-order valence-electron chi connectivity index (χ1n) is 8.55. The smallest absolute Gasteiger partial charge is 0.231 e. The third kappa shape index (κ3) is 3.08. The van der Waals surface area contributed by atoms with Crippen LogP contribution in [-0.2, 0) is 16.1 Å². The van der Waals surface area contributed by atoms with Gasteiger partial charge in [0.15, 0.2) is 11.5 Å². The molecule has 0 unspecified atom stereocenters. The van der Waals surface area contributed by atoms with Crippen LogP contribution in [0.3, 0.4) is 0 Å². The van der Waals surface area contributed by atoms with E-state index in [0.717, 1.165) is 37.6 Å². The Hall–Kier alpha value is -1.79. The third-order valence-electron chi connectivity index (χ3n) is 5.13. The van der Waals surface area contributed by atoms with Crippen LogP contribution >= 0.6 is 0 Å². The van der Waals surface area contributed by atoms with Gasteiger partial charge in [0.2, 0.25) is 12.7 Å². The molecule has 4 rings (SSSR count). The van der Waals surface area contributed by atoms with Crippen LogP contribution in [0.2, 0.25) is 0 Å². The number of ether oxygens (including phenoxy) is 3. The molecule has 1 aromatic rings. The monoisotopic (exact) mass is 332 g/mol. The SMILES string of the molecule is CN(C)C(=O)C[C@H]1C[C@H]2CN(Cc3ccc4c(c3)OCO4)C[C@H]2O1. The predicted molar refractivity (Wildman–Crippen MR) is 87.9 cm³/mol. The number of hydrogen-bond acceptors (Lipinski definition) is 5. The van der Waals surface area contributed by atoms with Crippen LogP contribution < -0.4 is 9.47 Å². The minimum atomic E-state index is 0.0857. The molecular formula is C18H24N2O4. The predicted octanol–water partition coefficient (Wildman–Crippen LogP) is 1.48. The highest BCUT2D eigenvalue weighted by Gasteiger charge is 2.42. The van der Waals surface area contributed by atoms with Gasteiger partial charge in [0.05, 0.1) is 18.6 Å². The topological polar surface area (TPSA) is 51.2 Å². The van der Waals surface area contributed by atoms with E-state index in [4.69, 9.17) is 14.2 Å². The van der Waals surface area contributed by atoms with Crippen molar-refractivity contribution in [1.29, 1.82) is 0 Å². The number of amides is 1. The average Bonchev–Trinajstić information content (AvgIpc) is 3.21. The van der Waals surface area contributed by atoms with Crippen LogP contribution in [0.25, 0.3) is 0 Å². The molecule has 3 atom stereocenters. The fourth-order valence-electron chi connectivity index (χ4n) is 3.88. The van der Waals surface area contributed by atoms with Crippen LogP contribution in [0.5, 0.6) is 11.5 Å². The summed E-state index contributed by atoms with van der Waals surface area (Å²) < 4.78 is 16.9. The van der Waals surface area contributed by atoms with E-state index in [1.807, 2.05) is 6.07 Å². The number of benzene rings is 1. The van der Waals surface area contributed by atoms with Gasteiger partial charge in [-0.25, -0.2) is 0 Å². The molecule has 3 aliphatic heterocycles. The van der Waals surface area contributed by atoms with E-state index in [-0.39, 0.29) is 18.1 Å². The number of rotatable bonds is 4. The molecule has 0 spiro atoms. The molecule has 130 valence electrons. The Bertz CT molecular complexity index is 619. The van der Waals surface area contributed by atoms with Crippen LogP contribution in [0.1, 0.15) is 18.4 Å². The van der Waals surface area contributed by atoms with Crippen molar-refractivity contribution in [3.8, 4) is 11.5 Å². The average molecular weight is 332 g/mol.